The summed E-state index contributed by atoms with van der Waals surface area (Å²) in [5.74, 6) is 0.395. The van der Waals surface area contributed by atoms with Crippen LogP contribution >= 0.6 is 0 Å². The predicted octanol–water partition coefficient (Wildman–Crippen LogP) is 3.58. The molecule has 0 fully saturated rings. The molecule has 0 aromatic heterocycles. The maximum absolute atomic E-state index is 12.3. The number of benzene rings is 2. The molecule has 0 aliphatic carbocycles. The average Bonchev–Trinajstić information content (AvgIpc) is 2.81. The Bertz CT molecular complexity index is 949. The van der Waals surface area contributed by atoms with Crippen LogP contribution in [-0.4, -0.2) is 50.7 Å². The number of methoxy groups -OCH3 is 2. The molecule has 0 spiro atoms. The molecule has 2 aromatic rings. The Labute approximate surface area is 176 Å². The molecule has 30 heavy (non-hydrogen) atoms. The van der Waals surface area contributed by atoms with Crippen molar-refractivity contribution < 1.29 is 23.8 Å². The van der Waals surface area contributed by atoms with Crippen LogP contribution in [-0.2, 0) is 14.3 Å². The van der Waals surface area contributed by atoms with Gasteiger partial charge in [-0.25, -0.2) is 4.79 Å². The lowest BCUT2D eigenvalue weighted by molar-refractivity contribution is -0.147. The van der Waals surface area contributed by atoms with E-state index in [-0.39, 0.29) is 12.5 Å². The molecule has 6 heteroatoms. The second-order valence-electron chi connectivity index (χ2n) is 6.74. The molecule has 1 aliphatic rings. The van der Waals surface area contributed by atoms with E-state index in [1.54, 1.807) is 43.4 Å². The van der Waals surface area contributed by atoms with E-state index < -0.39 is 5.97 Å². The van der Waals surface area contributed by atoms with Crippen LogP contribution in [0.3, 0.4) is 0 Å². The molecule has 0 saturated carbocycles. The number of carbonyl (C=O) groups is 2. The summed E-state index contributed by atoms with van der Waals surface area (Å²) in [6, 6.07) is 15.4. The lowest BCUT2D eigenvalue weighted by atomic mass is 10.00. The fraction of sp³-hybridized carbons (Fsp3) is 0.250. The molecule has 1 aliphatic heterocycles. The summed E-state index contributed by atoms with van der Waals surface area (Å²) in [6.07, 6.45) is 5.72. The van der Waals surface area contributed by atoms with Crippen LogP contribution in [0, 0.1) is 0 Å². The molecule has 1 amide bonds. The Kier molecular flexibility index (Phi) is 7.27. The van der Waals surface area contributed by atoms with Gasteiger partial charge in [0.25, 0.3) is 5.91 Å². The summed E-state index contributed by atoms with van der Waals surface area (Å²) in [6.45, 7) is 0.851. The third-order valence-corrected chi connectivity index (χ3v) is 4.86. The number of rotatable bonds is 7. The van der Waals surface area contributed by atoms with E-state index in [2.05, 4.69) is 18.2 Å². The Morgan fingerprint density at radius 3 is 2.47 bits per heavy atom. The van der Waals surface area contributed by atoms with E-state index in [1.807, 2.05) is 18.2 Å². The molecule has 2 aromatic carbocycles. The van der Waals surface area contributed by atoms with Gasteiger partial charge in [-0.3, -0.25) is 4.79 Å². The van der Waals surface area contributed by atoms with Crippen LogP contribution < -0.4 is 9.47 Å². The summed E-state index contributed by atoms with van der Waals surface area (Å²) in [4.78, 5) is 26.0. The van der Waals surface area contributed by atoms with Crippen molar-refractivity contribution in [2.24, 2.45) is 0 Å². The van der Waals surface area contributed by atoms with E-state index in [4.69, 9.17) is 14.2 Å². The highest BCUT2D eigenvalue weighted by Crippen LogP contribution is 2.28. The molecular formula is C24H25NO5. The highest BCUT2D eigenvalue weighted by molar-refractivity contribution is 5.89. The van der Waals surface area contributed by atoms with Crippen molar-refractivity contribution in [2.45, 2.75) is 6.42 Å². The first kappa shape index (κ1) is 21.2. The molecule has 0 atom stereocenters. The number of nitrogens with zero attached hydrogens (tertiary/aromatic N) is 1. The minimum Gasteiger partial charge on any atom is -0.493 e. The zero-order chi connectivity index (χ0) is 21.3. The smallest absolute Gasteiger partial charge is 0.331 e. The van der Waals surface area contributed by atoms with E-state index in [1.165, 1.54) is 17.2 Å². The van der Waals surface area contributed by atoms with Gasteiger partial charge in [-0.1, -0.05) is 42.5 Å². The molecule has 0 unspecified atom stereocenters. The van der Waals surface area contributed by atoms with Crippen LogP contribution in [0.1, 0.15) is 17.5 Å². The maximum Gasteiger partial charge on any atom is 0.331 e. The average molecular weight is 407 g/mol. The van der Waals surface area contributed by atoms with Gasteiger partial charge in [0, 0.05) is 19.2 Å². The monoisotopic (exact) mass is 407 g/mol. The fourth-order valence-corrected chi connectivity index (χ4v) is 3.20. The van der Waals surface area contributed by atoms with Crippen molar-refractivity contribution in [3.05, 3.63) is 71.8 Å². The Morgan fingerprint density at radius 2 is 1.80 bits per heavy atom. The zero-order valence-corrected chi connectivity index (χ0v) is 17.2. The molecule has 3 rings (SSSR count). The Balaban J connectivity index is 1.48. The van der Waals surface area contributed by atoms with Crippen molar-refractivity contribution in [1.29, 1.82) is 0 Å². The van der Waals surface area contributed by atoms with Crippen molar-refractivity contribution in [3.63, 3.8) is 0 Å². The molecule has 1 heterocycles. The number of ether oxygens (including phenoxy) is 3. The van der Waals surface area contributed by atoms with E-state index >= 15 is 0 Å². The maximum atomic E-state index is 12.3. The Hall–Kier alpha value is -3.54. The first-order valence-corrected chi connectivity index (χ1v) is 9.70. The molecule has 156 valence electrons. The minimum atomic E-state index is -0.573. The first-order chi connectivity index (χ1) is 14.6. The standard InChI is InChI=1S/C24H25NO5/c1-28-21-10-8-18(16-22(21)29-2)9-11-24(27)30-17-23(26)25-14-12-20(13-15-25)19-6-4-3-5-7-19/h3-12,16H,13-15,17H2,1-2H3/b11-9+. The molecule has 0 bridgehead atoms. The number of carbonyl (C=O) groups excluding carboxylic acids is 2. The van der Waals surface area contributed by atoms with Gasteiger partial charge < -0.3 is 19.1 Å². The summed E-state index contributed by atoms with van der Waals surface area (Å²) in [5, 5.41) is 0. The van der Waals surface area contributed by atoms with Crippen LogP contribution in [0.4, 0.5) is 0 Å². The zero-order valence-electron chi connectivity index (χ0n) is 17.2. The van der Waals surface area contributed by atoms with Crippen molar-refractivity contribution in [1.82, 2.24) is 4.90 Å². The molecule has 6 nitrogen and oxygen atoms in total. The highest BCUT2D eigenvalue weighted by Gasteiger charge is 2.18. The van der Waals surface area contributed by atoms with Gasteiger partial charge in [-0.2, -0.15) is 0 Å². The lowest BCUT2D eigenvalue weighted by Gasteiger charge is -2.26. The predicted molar refractivity (Wildman–Crippen MR) is 115 cm³/mol. The van der Waals surface area contributed by atoms with Crippen LogP contribution in [0.15, 0.2) is 60.7 Å². The number of hydrogen-bond acceptors (Lipinski definition) is 5. The number of amides is 1. The van der Waals surface area contributed by atoms with Crippen molar-refractivity contribution in [3.8, 4) is 11.5 Å². The summed E-state index contributed by atoms with van der Waals surface area (Å²) < 4.78 is 15.5. The third kappa shape index (κ3) is 5.50. The summed E-state index contributed by atoms with van der Waals surface area (Å²) >= 11 is 0. The topological polar surface area (TPSA) is 65.1 Å². The minimum absolute atomic E-state index is 0.203. The van der Waals surface area contributed by atoms with Crippen LogP contribution in [0.25, 0.3) is 11.6 Å². The van der Waals surface area contributed by atoms with E-state index in [0.717, 1.165) is 12.0 Å². The SMILES string of the molecule is COc1ccc(/C=C/C(=O)OCC(=O)N2CC=C(c3ccccc3)CC2)cc1OC. The van der Waals surface area contributed by atoms with E-state index in [9.17, 15) is 9.59 Å². The quantitative estimate of drug-likeness (QED) is 0.519. The second kappa shape index (κ2) is 10.3. The van der Waals surface area contributed by atoms with Crippen molar-refractivity contribution in [2.75, 3.05) is 33.9 Å². The van der Waals surface area contributed by atoms with Gasteiger partial charge in [-0.05, 0) is 41.3 Å². The first-order valence-electron chi connectivity index (χ1n) is 9.70. The van der Waals surface area contributed by atoms with E-state index in [0.29, 0.717) is 24.6 Å². The molecule has 0 saturated heterocycles. The fourth-order valence-electron chi connectivity index (χ4n) is 3.20. The van der Waals surface area contributed by atoms with Crippen LogP contribution in [0.2, 0.25) is 0 Å². The summed E-state index contributed by atoms with van der Waals surface area (Å²) in [7, 11) is 3.10. The summed E-state index contributed by atoms with van der Waals surface area (Å²) in [5.41, 5.74) is 3.16. The van der Waals surface area contributed by atoms with Gasteiger partial charge in [0.2, 0.25) is 0 Å². The number of esters is 1. The van der Waals surface area contributed by atoms with Gasteiger partial charge in [0.1, 0.15) is 0 Å². The van der Waals surface area contributed by atoms with Gasteiger partial charge >= 0.3 is 5.97 Å². The van der Waals surface area contributed by atoms with Crippen molar-refractivity contribution >= 4 is 23.5 Å². The molecular weight excluding hydrogens is 382 g/mol. The van der Waals surface area contributed by atoms with Gasteiger partial charge in [0.05, 0.1) is 14.2 Å². The number of hydrogen-bond donors (Lipinski definition) is 0. The highest BCUT2D eigenvalue weighted by atomic mass is 16.5. The van der Waals surface area contributed by atoms with Crippen LogP contribution in [0.5, 0.6) is 11.5 Å². The Morgan fingerprint density at radius 1 is 1.03 bits per heavy atom. The largest absolute Gasteiger partial charge is 0.493 e. The molecule has 0 N–H and O–H groups in total. The second-order valence-corrected chi connectivity index (χ2v) is 6.74. The normalized spacial score (nSPS) is 13.7. The van der Waals surface area contributed by atoms with Gasteiger partial charge in [0.15, 0.2) is 18.1 Å². The lowest BCUT2D eigenvalue weighted by Crippen LogP contribution is -2.37. The van der Waals surface area contributed by atoms with Gasteiger partial charge in [-0.15, -0.1) is 0 Å². The molecule has 0 radical (unpaired) electrons. The third-order valence-electron chi connectivity index (χ3n) is 4.86.